The second-order valence-electron chi connectivity index (χ2n) is 6.65. The second-order valence-corrected chi connectivity index (χ2v) is 7.06. The van der Waals surface area contributed by atoms with E-state index in [-0.39, 0.29) is 23.9 Å². The number of nitrogens with zero attached hydrogens (tertiary/aromatic N) is 3. The molecular weight excluding hydrogens is 340 g/mol. The van der Waals surface area contributed by atoms with Crippen LogP contribution in [-0.4, -0.2) is 60.4 Å². The van der Waals surface area contributed by atoms with Gasteiger partial charge in [-0.15, -0.1) is 0 Å². The van der Waals surface area contributed by atoms with Crippen LogP contribution in [0.15, 0.2) is 18.2 Å². The fourth-order valence-electron chi connectivity index (χ4n) is 3.53. The third-order valence-electron chi connectivity index (χ3n) is 5.04. The van der Waals surface area contributed by atoms with Crippen molar-refractivity contribution in [3.63, 3.8) is 0 Å². The maximum absolute atomic E-state index is 12.5. The molecule has 0 radical (unpaired) electrons. The molecule has 7 heteroatoms. The zero-order chi connectivity index (χ0) is 18.0. The van der Waals surface area contributed by atoms with Gasteiger partial charge in [0.25, 0.3) is 5.91 Å². The molecule has 0 aromatic heterocycles. The fourth-order valence-corrected chi connectivity index (χ4v) is 3.73. The molecule has 2 amide bonds. The van der Waals surface area contributed by atoms with Crippen LogP contribution >= 0.6 is 11.6 Å². The minimum atomic E-state index is -0.253. The van der Waals surface area contributed by atoms with Gasteiger partial charge in [0.1, 0.15) is 0 Å². The maximum Gasteiger partial charge on any atom is 0.253 e. The molecule has 2 saturated heterocycles. The Morgan fingerprint density at radius 1 is 1.28 bits per heavy atom. The summed E-state index contributed by atoms with van der Waals surface area (Å²) in [6.07, 6.45) is 2.48. The largest absolute Gasteiger partial charge is 0.349 e. The van der Waals surface area contributed by atoms with Gasteiger partial charge in [-0.05, 0) is 37.5 Å². The number of halogens is 1. The summed E-state index contributed by atoms with van der Waals surface area (Å²) >= 11 is 6.08. The highest BCUT2D eigenvalue weighted by Crippen LogP contribution is 2.22. The van der Waals surface area contributed by atoms with E-state index in [1.165, 1.54) is 6.07 Å². The number of carbonyl (C=O) groups excluding carboxylic acids is 2. The number of nitriles is 1. The van der Waals surface area contributed by atoms with Crippen LogP contribution in [0.2, 0.25) is 5.02 Å². The number of piperidine rings is 1. The normalized spacial score (nSPS) is 22.0. The lowest BCUT2D eigenvalue weighted by Gasteiger charge is -2.35. The highest BCUT2D eigenvalue weighted by molar-refractivity contribution is 6.33. The molecule has 0 bridgehead atoms. The molecule has 25 heavy (non-hydrogen) atoms. The van der Waals surface area contributed by atoms with Gasteiger partial charge in [0.15, 0.2) is 0 Å². The van der Waals surface area contributed by atoms with E-state index in [1.807, 2.05) is 13.1 Å². The standard InChI is InChI=1S/C18H21ClN4O2/c1-22-7-6-16(18(22)25)23-8-4-13(5-9-23)21-17(24)14-10-12(11-20)2-3-15(14)19/h2-3,10,13,16H,4-9H2,1H3,(H,21,24). The summed E-state index contributed by atoms with van der Waals surface area (Å²) < 4.78 is 0. The number of amides is 2. The zero-order valence-electron chi connectivity index (χ0n) is 14.2. The van der Waals surface area contributed by atoms with Crippen molar-refractivity contribution in [2.24, 2.45) is 0 Å². The van der Waals surface area contributed by atoms with Gasteiger partial charge in [-0.25, -0.2) is 0 Å². The van der Waals surface area contributed by atoms with Gasteiger partial charge in [-0.3, -0.25) is 14.5 Å². The van der Waals surface area contributed by atoms with Gasteiger partial charge >= 0.3 is 0 Å². The van der Waals surface area contributed by atoms with Crippen LogP contribution in [0.4, 0.5) is 0 Å². The maximum atomic E-state index is 12.5. The van der Waals surface area contributed by atoms with Gasteiger partial charge in [0.2, 0.25) is 5.91 Å². The van der Waals surface area contributed by atoms with E-state index >= 15 is 0 Å². The number of likely N-dealkylation sites (tertiary alicyclic amines) is 2. The van der Waals surface area contributed by atoms with E-state index in [9.17, 15) is 9.59 Å². The van der Waals surface area contributed by atoms with E-state index in [4.69, 9.17) is 16.9 Å². The second kappa shape index (κ2) is 7.42. The number of rotatable bonds is 3. The molecule has 1 atom stereocenters. The van der Waals surface area contributed by atoms with Crippen molar-refractivity contribution in [3.8, 4) is 6.07 Å². The minimum absolute atomic E-state index is 0.0107. The quantitative estimate of drug-likeness (QED) is 0.889. The molecule has 0 aliphatic carbocycles. The predicted octanol–water partition coefficient (Wildman–Crippen LogP) is 1.64. The molecule has 3 rings (SSSR count). The highest BCUT2D eigenvalue weighted by Gasteiger charge is 2.35. The van der Waals surface area contributed by atoms with Crippen molar-refractivity contribution in [2.75, 3.05) is 26.7 Å². The van der Waals surface area contributed by atoms with Crippen molar-refractivity contribution in [2.45, 2.75) is 31.3 Å². The molecular formula is C18H21ClN4O2. The first kappa shape index (κ1) is 17.7. The monoisotopic (exact) mass is 360 g/mol. The molecule has 1 N–H and O–H groups in total. The lowest BCUT2D eigenvalue weighted by Crippen LogP contribution is -2.50. The Kier molecular flexibility index (Phi) is 5.26. The summed E-state index contributed by atoms with van der Waals surface area (Å²) in [4.78, 5) is 28.6. The first-order valence-corrected chi connectivity index (χ1v) is 8.87. The molecule has 2 aliphatic rings. The summed E-state index contributed by atoms with van der Waals surface area (Å²) in [5.41, 5.74) is 0.740. The van der Waals surface area contributed by atoms with Crippen molar-refractivity contribution in [1.82, 2.24) is 15.1 Å². The van der Waals surface area contributed by atoms with Crippen LogP contribution in [0.3, 0.4) is 0 Å². The van der Waals surface area contributed by atoms with Crippen LogP contribution in [0.5, 0.6) is 0 Å². The zero-order valence-corrected chi connectivity index (χ0v) is 14.9. The number of nitrogens with one attached hydrogen (secondary N) is 1. The van der Waals surface area contributed by atoms with Crippen molar-refractivity contribution < 1.29 is 9.59 Å². The average molecular weight is 361 g/mol. The van der Waals surface area contributed by atoms with E-state index < -0.39 is 0 Å². The number of likely N-dealkylation sites (N-methyl/N-ethyl adjacent to an activating group) is 1. The lowest BCUT2D eigenvalue weighted by atomic mass is 10.0. The van der Waals surface area contributed by atoms with Gasteiger partial charge in [-0.2, -0.15) is 5.26 Å². The molecule has 1 aromatic carbocycles. The molecule has 0 spiro atoms. The lowest BCUT2D eigenvalue weighted by molar-refractivity contribution is -0.131. The number of carbonyl (C=O) groups is 2. The van der Waals surface area contributed by atoms with Crippen LogP contribution in [0.1, 0.15) is 35.2 Å². The Hall–Kier alpha value is -2.10. The smallest absolute Gasteiger partial charge is 0.253 e. The topological polar surface area (TPSA) is 76.4 Å². The van der Waals surface area contributed by atoms with Crippen molar-refractivity contribution >= 4 is 23.4 Å². The fraction of sp³-hybridized carbons (Fsp3) is 0.500. The molecule has 132 valence electrons. The summed E-state index contributed by atoms with van der Waals surface area (Å²) in [5, 5.41) is 12.3. The summed E-state index contributed by atoms with van der Waals surface area (Å²) in [6.45, 7) is 2.40. The van der Waals surface area contributed by atoms with Gasteiger partial charge in [0, 0.05) is 32.7 Å². The van der Waals surface area contributed by atoms with E-state index in [0.717, 1.165) is 38.9 Å². The predicted molar refractivity (Wildman–Crippen MR) is 94.3 cm³/mol. The number of benzene rings is 1. The molecule has 2 aliphatic heterocycles. The highest BCUT2D eigenvalue weighted by atomic mass is 35.5. The third-order valence-corrected chi connectivity index (χ3v) is 5.37. The number of hydrogen-bond donors (Lipinski definition) is 1. The van der Waals surface area contributed by atoms with E-state index in [0.29, 0.717) is 16.1 Å². The Bertz CT molecular complexity index is 722. The molecule has 1 aromatic rings. The Labute approximate surface area is 152 Å². The van der Waals surface area contributed by atoms with Crippen LogP contribution in [-0.2, 0) is 4.79 Å². The Balaban J connectivity index is 1.57. The minimum Gasteiger partial charge on any atom is -0.349 e. The van der Waals surface area contributed by atoms with Crippen LogP contribution < -0.4 is 5.32 Å². The van der Waals surface area contributed by atoms with Gasteiger partial charge in [0.05, 0.1) is 28.3 Å². The molecule has 6 nitrogen and oxygen atoms in total. The first-order valence-electron chi connectivity index (χ1n) is 8.49. The van der Waals surface area contributed by atoms with Crippen LogP contribution in [0, 0.1) is 11.3 Å². The molecule has 0 saturated carbocycles. The Morgan fingerprint density at radius 2 is 2.00 bits per heavy atom. The Morgan fingerprint density at radius 3 is 2.60 bits per heavy atom. The van der Waals surface area contributed by atoms with Crippen molar-refractivity contribution in [3.05, 3.63) is 34.3 Å². The molecule has 2 fully saturated rings. The summed E-state index contributed by atoms with van der Waals surface area (Å²) in [5.74, 6) is -0.0557. The molecule has 2 heterocycles. The first-order chi connectivity index (χ1) is 12.0. The van der Waals surface area contributed by atoms with Gasteiger partial charge in [-0.1, -0.05) is 11.6 Å². The molecule has 1 unspecified atom stereocenters. The van der Waals surface area contributed by atoms with E-state index in [1.54, 1.807) is 17.0 Å². The average Bonchev–Trinajstić information content (AvgIpc) is 2.95. The van der Waals surface area contributed by atoms with Crippen molar-refractivity contribution in [1.29, 1.82) is 5.26 Å². The van der Waals surface area contributed by atoms with Crippen LogP contribution in [0.25, 0.3) is 0 Å². The summed E-state index contributed by atoms with van der Waals surface area (Å²) in [7, 11) is 1.84. The SMILES string of the molecule is CN1CCC(N2CCC(NC(=O)c3cc(C#N)ccc3Cl)CC2)C1=O. The van der Waals surface area contributed by atoms with E-state index in [2.05, 4.69) is 10.2 Å². The summed E-state index contributed by atoms with van der Waals surface area (Å²) in [6, 6.07) is 6.73. The third kappa shape index (κ3) is 3.78. The van der Waals surface area contributed by atoms with Gasteiger partial charge < -0.3 is 10.2 Å². The number of hydrogen-bond acceptors (Lipinski definition) is 4.